The quantitative estimate of drug-likeness (QED) is 0.480. The Kier molecular flexibility index (Phi) is 263. The first-order chi connectivity index (χ1) is 0. The standard InChI is InChI=1S/Fe.Li.Mn.Ni.Ti.H. The van der Waals surface area contributed by atoms with E-state index < -0.39 is 0 Å². The summed E-state index contributed by atoms with van der Waals surface area (Å²) in [6.07, 6.45) is 0. The van der Waals surface area contributed by atoms with Crippen LogP contribution in [0.2, 0.25) is 0 Å². The zero-order chi connectivity index (χ0) is 0. The van der Waals surface area contributed by atoms with E-state index in [0.29, 0.717) is 0 Å². The Balaban J connectivity index is 0. The molecule has 0 aliphatic rings. The SMILES string of the molecule is [Fe].[LiH].[Mn].[Ni].[Ti]. The van der Waals surface area contributed by atoms with Gasteiger partial charge in [0.1, 0.15) is 0 Å². The minimum atomic E-state index is 0. The predicted octanol–water partition coefficient (Wildman–Crippen LogP) is -0.659. The third kappa shape index (κ3) is 19.9. The molecule has 0 bridgehead atoms. The van der Waals surface area contributed by atoms with Gasteiger partial charge in [0.15, 0.2) is 0 Å². The molecule has 1 radical (unpaired) electrons. The van der Waals surface area contributed by atoms with Gasteiger partial charge in [-0.1, -0.05) is 0 Å². The average molecular weight is 225 g/mol. The summed E-state index contributed by atoms with van der Waals surface area (Å²) < 4.78 is 0. The van der Waals surface area contributed by atoms with Crippen molar-refractivity contribution in [3.8, 4) is 0 Å². The molecular formula is HFeLiMnNiTi. The van der Waals surface area contributed by atoms with Crippen molar-refractivity contribution in [2.24, 2.45) is 0 Å². The Morgan fingerprint density at radius 3 is 1.00 bits per heavy atom. The topological polar surface area (TPSA) is 0 Å². The first-order valence-electron chi connectivity index (χ1n) is 0. The van der Waals surface area contributed by atoms with Crippen molar-refractivity contribution in [2.75, 3.05) is 0 Å². The van der Waals surface area contributed by atoms with Gasteiger partial charge in [0, 0.05) is 72.3 Å². The summed E-state index contributed by atoms with van der Waals surface area (Å²) >= 11 is 0. The van der Waals surface area contributed by atoms with E-state index in [1.165, 1.54) is 0 Å². The first-order valence-corrected chi connectivity index (χ1v) is 0. The Labute approximate surface area is 89.9 Å². The molecule has 0 aromatic rings. The van der Waals surface area contributed by atoms with Gasteiger partial charge in [-0.2, -0.15) is 0 Å². The fourth-order valence-corrected chi connectivity index (χ4v) is 0. The second-order valence-corrected chi connectivity index (χ2v) is 0. The van der Waals surface area contributed by atoms with Gasteiger partial charge in [0.2, 0.25) is 0 Å². The molecule has 0 saturated carbocycles. The number of rotatable bonds is 0. The summed E-state index contributed by atoms with van der Waals surface area (Å²) in [5, 5.41) is 0. The fraction of sp³-hybridized carbons (Fsp3) is 0. The van der Waals surface area contributed by atoms with Gasteiger partial charge in [-0.3, -0.25) is 0 Å². The van der Waals surface area contributed by atoms with Crippen LogP contribution in [-0.4, -0.2) is 18.9 Å². The molecule has 31 valence electrons. The third-order valence-electron chi connectivity index (χ3n) is 0. The zero-order valence-electron chi connectivity index (χ0n) is 1.55. The molecule has 0 atom stereocenters. The minimum Gasteiger partial charge on any atom is 0 e. The van der Waals surface area contributed by atoms with Crippen molar-refractivity contribution in [1.29, 1.82) is 0 Å². The molecule has 5 heavy (non-hydrogen) atoms. The Morgan fingerprint density at radius 2 is 1.00 bits per heavy atom. The minimum absolute atomic E-state index is 0. The third-order valence-corrected chi connectivity index (χ3v) is 0. The average Bonchev–Trinajstić information content (AvgIpc) is 0. The van der Waals surface area contributed by atoms with Gasteiger partial charge in [0.25, 0.3) is 0 Å². The van der Waals surface area contributed by atoms with Crippen LogP contribution in [0.15, 0.2) is 0 Å². The molecule has 0 N–H and O–H groups in total. The summed E-state index contributed by atoms with van der Waals surface area (Å²) in [7, 11) is 0. The van der Waals surface area contributed by atoms with Gasteiger partial charge in [-0.15, -0.1) is 0 Å². The van der Waals surface area contributed by atoms with Crippen LogP contribution in [0.4, 0.5) is 0 Å². The molecule has 0 heterocycles. The van der Waals surface area contributed by atoms with Gasteiger partial charge in [-0.05, 0) is 0 Å². The van der Waals surface area contributed by atoms with E-state index in [1.54, 1.807) is 0 Å². The van der Waals surface area contributed by atoms with E-state index in [0.717, 1.165) is 0 Å². The summed E-state index contributed by atoms with van der Waals surface area (Å²) in [6, 6.07) is 0. The molecule has 0 aliphatic heterocycles. The van der Waals surface area contributed by atoms with E-state index in [4.69, 9.17) is 0 Å². The van der Waals surface area contributed by atoms with Crippen molar-refractivity contribution >= 4 is 18.9 Å². The normalized spacial score (nSPS) is 0. The largest absolute Gasteiger partial charge is 0 e. The second kappa shape index (κ2) is 28.9. The van der Waals surface area contributed by atoms with E-state index in [-0.39, 0.29) is 91.2 Å². The molecule has 0 saturated heterocycles. The second-order valence-electron chi connectivity index (χ2n) is 0. The van der Waals surface area contributed by atoms with E-state index in [2.05, 4.69) is 0 Å². The summed E-state index contributed by atoms with van der Waals surface area (Å²) in [5.74, 6) is 0. The van der Waals surface area contributed by atoms with Crippen molar-refractivity contribution in [3.05, 3.63) is 0 Å². The summed E-state index contributed by atoms with van der Waals surface area (Å²) in [4.78, 5) is 0. The van der Waals surface area contributed by atoms with Crippen molar-refractivity contribution < 1.29 is 72.3 Å². The maximum Gasteiger partial charge on any atom is 0 e. The van der Waals surface area contributed by atoms with Crippen molar-refractivity contribution in [1.82, 2.24) is 0 Å². The smallest absolute Gasteiger partial charge is 0 e. The Bertz CT molecular complexity index is 11.6. The monoisotopic (exact) mass is 225 g/mol. The molecule has 0 nitrogen and oxygen atoms in total. The zero-order valence-corrected chi connectivity index (χ0v) is 6.38. The van der Waals surface area contributed by atoms with Crippen molar-refractivity contribution in [3.63, 3.8) is 0 Å². The Hall–Kier alpha value is 2.84. The van der Waals surface area contributed by atoms with Crippen LogP contribution in [0.1, 0.15) is 0 Å². The van der Waals surface area contributed by atoms with Crippen LogP contribution >= 0.6 is 0 Å². The van der Waals surface area contributed by atoms with Gasteiger partial charge in [-0.25, -0.2) is 0 Å². The molecule has 0 rings (SSSR count). The van der Waals surface area contributed by atoms with E-state index in [1.807, 2.05) is 0 Å². The predicted molar refractivity (Wildman–Crippen MR) is 7.15 cm³/mol. The van der Waals surface area contributed by atoms with Gasteiger partial charge >= 0.3 is 18.9 Å². The molecule has 0 amide bonds. The van der Waals surface area contributed by atoms with Crippen LogP contribution in [0, 0.1) is 0 Å². The maximum absolute atomic E-state index is 0. The molecule has 0 aromatic heterocycles. The van der Waals surface area contributed by atoms with Crippen LogP contribution < -0.4 is 0 Å². The number of hydrogen-bond donors (Lipinski definition) is 0. The molecule has 5 heteroatoms. The molecule has 0 fully saturated rings. The molecule has 0 unspecified atom stereocenters. The summed E-state index contributed by atoms with van der Waals surface area (Å²) in [6.45, 7) is 0. The molecule has 0 aliphatic carbocycles. The van der Waals surface area contributed by atoms with E-state index in [9.17, 15) is 0 Å². The maximum atomic E-state index is 0. The van der Waals surface area contributed by atoms with Crippen molar-refractivity contribution in [2.45, 2.75) is 0 Å². The summed E-state index contributed by atoms with van der Waals surface area (Å²) in [5.41, 5.74) is 0. The van der Waals surface area contributed by atoms with Crippen LogP contribution in [-0.2, 0) is 72.3 Å². The van der Waals surface area contributed by atoms with Gasteiger partial charge < -0.3 is 0 Å². The first kappa shape index (κ1) is 45.4. The molecule has 0 spiro atoms. The molecular weight excluding hydrogens is 224 g/mol. The Morgan fingerprint density at radius 1 is 1.00 bits per heavy atom. The molecule has 0 aromatic carbocycles. The van der Waals surface area contributed by atoms with E-state index >= 15 is 0 Å². The van der Waals surface area contributed by atoms with Gasteiger partial charge in [0.05, 0.1) is 0 Å². The van der Waals surface area contributed by atoms with Crippen LogP contribution in [0.25, 0.3) is 0 Å². The number of hydrogen-bond acceptors (Lipinski definition) is 0. The van der Waals surface area contributed by atoms with Crippen LogP contribution in [0.3, 0.4) is 0 Å². The fourth-order valence-electron chi connectivity index (χ4n) is 0. The van der Waals surface area contributed by atoms with Crippen LogP contribution in [0.5, 0.6) is 0 Å².